The summed E-state index contributed by atoms with van der Waals surface area (Å²) in [5.41, 5.74) is 6.51. The fraction of sp³-hybridized carbons (Fsp3) is 0.227. The Balaban J connectivity index is 2.04. The summed E-state index contributed by atoms with van der Waals surface area (Å²) in [5.74, 6) is -2.09. The van der Waals surface area contributed by atoms with E-state index in [1.165, 1.54) is 7.11 Å². The van der Waals surface area contributed by atoms with E-state index in [4.69, 9.17) is 10.5 Å². The van der Waals surface area contributed by atoms with Crippen LogP contribution in [0.25, 0.3) is 6.08 Å². The molecule has 0 saturated carbocycles. The van der Waals surface area contributed by atoms with Gasteiger partial charge in [-0.15, -0.1) is 0 Å². The first-order valence-electron chi connectivity index (χ1n) is 9.04. The van der Waals surface area contributed by atoms with Gasteiger partial charge in [0.25, 0.3) is 0 Å². The maximum Gasteiger partial charge on any atom is 0.329 e. The van der Waals surface area contributed by atoms with Crippen molar-refractivity contribution >= 4 is 33.9 Å². The van der Waals surface area contributed by atoms with Gasteiger partial charge in [0, 0.05) is 16.6 Å². The van der Waals surface area contributed by atoms with E-state index >= 15 is 0 Å². The number of esters is 1. The highest BCUT2D eigenvalue weighted by Crippen LogP contribution is 2.60. The van der Waals surface area contributed by atoms with E-state index in [0.29, 0.717) is 5.56 Å². The molecule has 29 heavy (non-hydrogen) atoms. The second-order valence-corrected chi connectivity index (χ2v) is 8.06. The zero-order valence-electron chi connectivity index (χ0n) is 15.6. The molecular weight excluding hydrogens is 434 g/mol. The summed E-state index contributed by atoms with van der Waals surface area (Å²) in [6.07, 6.45) is 3.61. The first-order valence-corrected chi connectivity index (χ1v) is 9.84. The summed E-state index contributed by atoms with van der Waals surface area (Å²) < 4.78 is 5.97. The Morgan fingerprint density at radius 3 is 2.52 bits per heavy atom. The Hall–Kier alpha value is -3.11. The minimum Gasteiger partial charge on any atom is -0.468 e. The number of carbonyl (C=O) groups excluding carboxylic acids is 2. The number of amides is 1. The highest BCUT2D eigenvalue weighted by molar-refractivity contribution is 9.10. The molecule has 0 radical (unpaired) electrons. The molecular formula is C22H18BrN3O3. The van der Waals surface area contributed by atoms with Crippen molar-refractivity contribution in [3.63, 3.8) is 0 Å². The van der Waals surface area contributed by atoms with Gasteiger partial charge in [0.05, 0.1) is 19.2 Å². The van der Waals surface area contributed by atoms with Crippen molar-refractivity contribution in [1.82, 2.24) is 4.90 Å². The quantitative estimate of drug-likeness (QED) is 0.722. The molecule has 1 fully saturated rings. The number of halogens is 1. The van der Waals surface area contributed by atoms with Gasteiger partial charge >= 0.3 is 5.97 Å². The number of methoxy groups -OCH3 is 1. The van der Waals surface area contributed by atoms with E-state index in [1.54, 1.807) is 23.2 Å². The van der Waals surface area contributed by atoms with E-state index in [1.807, 2.05) is 42.5 Å². The fourth-order valence-corrected chi connectivity index (χ4v) is 4.92. The Morgan fingerprint density at radius 1 is 1.21 bits per heavy atom. The number of fused-ring (bicyclic) bond motifs is 3. The third-order valence-corrected chi connectivity index (χ3v) is 6.33. The Morgan fingerprint density at radius 2 is 1.90 bits per heavy atom. The van der Waals surface area contributed by atoms with Gasteiger partial charge in [-0.05, 0) is 34.9 Å². The van der Waals surface area contributed by atoms with Crippen molar-refractivity contribution < 1.29 is 14.3 Å². The van der Waals surface area contributed by atoms with E-state index in [9.17, 15) is 14.9 Å². The number of nitrogens with two attached hydrogens (primary N) is 1. The second-order valence-electron chi connectivity index (χ2n) is 7.14. The lowest BCUT2D eigenvalue weighted by Gasteiger charge is -2.35. The first kappa shape index (κ1) is 19.2. The number of benzene rings is 2. The molecule has 4 rings (SSSR count). The van der Waals surface area contributed by atoms with E-state index in [-0.39, 0.29) is 0 Å². The number of rotatable bonds is 3. The average Bonchev–Trinajstić information content (AvgIpc) is 3.05. The topological polar surface area (TPSA) is 96.4 Å². The van der Waals surface area contributed by atoms with Gasteiger partial charge in [-0.3, -0.25) is 9.59 Å². The van der Waals surface area contributed by atoms with Crippen LogP contribution in [-0.2, 0) is 14.3 Å². The minimum absolute atomic E-state index is 0.604. The average molecular weight is 452 g/mol. The van der Waals surface area contributed by atoms with Crippen LogP contribution < -0.4 is 5.73 Å². The fourth-order valence-electron chi connectivity index (χ4n) is 4.66. The molecule has 4 atom stereocenters. The van der Waals surface area contributed by atoms with Crippen LogP contribution in [0.4, 0.5) is 0 Å². The lowest BCUT2D eigenvalue weighted by Crippen LogP contribution is -2.42. The molecule has 2 aliphatic rings. The smallest absolute Gasteiger partial charge is 0.329 e. The second kappa shape index (κ2) is 7.05. The Bertz CT molecular complexity index is 1060. The van der Waals surface area contributed by atoms with E-state index in [2.05, 4.69) is 22.0 Å². The largest absolute Gasteiger partial charge is 0.468 e. The zero-order chi connectivity index (χ0) is 20.8. The summed E-state index contributed by atoms with van der Waals surface area (Å²) in [4.78, 5) is 27.5. The molecule has 2 aromatic carbocycles. The SMILES string of the molecule is COC(=O)C1(C#N)C(c2ccc(Br)cc2)C(C(N)=O)N2C=Cc3ccccc3C21. The molecule has 1 amide bonds. The van der Waals surface area contributed by atoms with Crippen LogP contribution in [0, 0.1) is 16.7 Å². The molecule has 7 heteroatoms. The molecule has 1 saturated heterocycles. The van der Waals surface area contributed by atoms with Crippen LogP contribution in [0.3, 0.4) is 0 Å². The predicted octanol–water partition coefficient (Wildman–Crippen LogP) is 3.11. The van der Waals surface area contributed by atoms with E-state index in [0.717, 1.165) is 15.6 Å². The van der Waals surface area contributed by atoms with Crippen LogP contribution in [0.15, 0.2) is 59.2 Å². The van der Waals surface area contributed by atoms with Crippen LogP contribution in [-0.4, -0.2) is 29.9 Å². The summed E-state index contributed by atoms with van der Waals surface area (Å²) in [6.45, 7) is 0. The van der Waals surface area contributed by atoms with Crippen molar-refractivity contribution in [2.75, 3.05) is 7.11 Å². The number of nitriles is 1. The van der Waals surface area contributed by atoms with Crippen LogP contribution in [0.2, 0.25) is 0 Å². The molecule has 0 bridgehead atoms. The van der Waals surface area contributed by atoms with Gasteiger partial charge in [-0.25, -0.2) is 0 Å². The third-order valence-electron chi connectivity index (χ3n) is 5.80. The highest BCUT2D eigenvalue weighted by Gasteiger charge is 2.67. The number of hydrogen-bond acceptors (Lipinski definition) is 5. The van der Waals surface area contributed by atoms with Crippen LogP contribution in [0.5, 0.6) is 0 Å². The van der Waals surface area contributed by atoms with Gasteiger partial charge in [-0.2, -0.15) is 5.26 Å². The summed E-state index contributed by atoms with van der Waals surface area (Å²) >= 11 is 3.40. The third kappa shape index (κ3) is 2.67. The van der Waals surface area contributed by atoms with Crippen LogP contribution >= 0.6 is 15.9 Å². The number of hydrogen-bond donors (Lipinski definition) is 1. The molecule has 0 spiro atoms. The molecule has 0 aliphatic carbocycles. The maximum absolute atomic E-state index is 13.2. The summed E-state index contributed by atoms with van der Waals surface area (Å²) in [6, 6.07) is 15.4. The zero-order valence-corrected chi connectivity index (χ0v) is 17.2. The van der Waals surface area contributed by atoms with Gasteiger partial charge in [-0.1, -0.05) is 52.3 Å². The van der Waals surface area contributed by atoms with Crippen molar-refractivity contribution in [2.45, 2.75) is 18.0 Å². The number of primary amides is 1. The summed E-state index contributed by atoms with van der Waals surface area (Å²) in [7, 11) is 1.26. The lowest BCUT2D eigenvalue weighted by molar-refractivity contribution is -0.151. The van der Waals surface area contributed by atoms with Crippen molar-refractivity contribution in [3.05, 3.63) is 75.9 Å². The molecule has 146 valence electrons. The van der Waals surface area contributed by atoms with Gasteiger partial charge in [0.1, 0.15) is 6.04 Å². The van der Waals surface area contributed by atoms with Gasteiger partial charge in [0.2, 0.25) is 5.91 Å². The molecule has 0 aromatic heterocycles. The first-order chi connectivity index (χ1) is 14.0. The molecule has 2 heterocycles. The number of carbonyl (C=O) groups is 2. The number of nitrogens with zero attached hydrogens (tertiary/aromatic N) is 2. The minimum atomic E-state index is -1.65. The summed E-state index contributed by atoms with van der Waals surface area (Å²) in [5, 5.41) is 10.4. The monoisotopic (exact) mass is 451 g/mol. The van der Waals surface area contributed by atoms with Crippen molar-refractivity contribution in [2.24, 2.45) is 11.1 Å². The molecule has 2 aromatic rings. The maximum atomic E-state index is 13.2. The number of ether oxygens (including phenoxy) is 1. The van der Waals surface area contributed by atoms with E-state index < -0.39 is 35.3 Å². The molecule has 6 nitrogen and oxygen atoms in total. The normalized spacial score (nSPS) is 26.9. The van der Waals surface area contributed by atoms with Gasteiger partial charge < -0.3 is 15.4 Å². The predicted molar refractivity (Wildman–Crippen MR) is 110 cm³/mol. The van der Waals surface area contributed by atoms with Gasteiger partial charge in [0.15, 0.2) is 5.41 Å². The Labute approximate surface area is 176 Å². The molecule has 2 N–H and O–H groups in total. The highest BCUT2D eigenvalue weighted by atomic mass is 79.9. The Kier molecular flexibility index (Phi) is 4.67. The lowest BCUT2D eigenvalue weighted by atomic mass is 9.67. The van der Waals surface area contributed by atoms with Crippen molar-refractivity contribution in [3.8, 4) is 6.07 Å². The van der Waals surface area contributed by atoms with Crippen molar-refractivity contribution in [1.29, 1.82) is 5.26 Å². The molecule has 4 unspecified atom stereocenters. The molecule has 2 aliphatic heterocycles. The van der Waals surface area contributed by atoms with Crippen LogP contribution in [0.1, 0.15) is 28.7 Å². The standard InChI is InChI=1S/C22H18BrN3O3/c1-29-21(28)22(12-24)17(14-6-8-15(23)9-7-14)18(20(25)27)26-11-10-13-4-2-3-5-16(13)19(22)26/h2-11,17-19H,1H3,(H2,25,27).